The van der Waals surface area contributed by atoms with Crippen LogP contribution in [0.25, 0.3) is 0 Å². The van der Waals surface area contributed by atoms with Crippen LogP contribution in [0.15, 0.2) is 0 Å². The second-order valence-corrected chi connectivity index (χ2v) is 11.4. The Morgan fingerprint density at radius 1 is 0.528 bits per heavy atom. The van der Waals surface area contributed by atoms with Gasteiger partial charge in [-0.2, -0.15) is 0 Å². The Morgan fingerprint density at radius 3 is 1.17 bits per heavy atom. The molecular formula is C32H60O4-2. The zero-order valence-electron chi connectivity index (χ0n) is 24.4. The maximum atomic E-state index is 12.5. The molecule has 0 heterocycles. The zero-order valence-corrected chi connectivity index (χ0v) is 24.4. The van der Waals surface area contributed by atoms with Crippen LogP contribution in [0.4, 0.5) is 0 Å². The minimum atomic E-state index is -1.09. The van der Waals surface area contributed by atoms with Crippen LogP contribution in [0.3, 0.4) is 0 Å². The smallest absolute Gasteiger partial charge is 0.0450 e. The van der Waals surface area contributed by atoms with E-state index in [0.29, 0.717) is 12.8 Å². The summed E-state index contributed by atoms with van der Waals surface area (Å²) < 4.78 is 0. The molecule has 0 aliphatic heterocycles. The van der Waals surface area contributed by atoms with Crippen molar-refractivity contribution in [1.82, 2.24) is 0 Å². The Hall–Kier alpha value is -1.06. The summed E-state index contributed by atoms with van der Waals surface area (Å²) in [5.41, 5.74) is -0.260. The first-order chi connectivity index (χ1) is 17.4. The van der Waals surface area contributed by atoms with Gasteiger partial charge in [0, 0.05) is 17.9 Å². The maximum Gasteiger partial charge on any atom is 0.0450 e. The van der Waals surface area contributed by atoms with Crippen LogP contribution in [-0.2, 0) is 9.59 Å². The molecule has 0 aliphatic rings. The van der Waals surface area contributed by atoms with E-state index in [9.17, 15) is 19.8 Å². The Balaban J connectivity index is 5.38. The molecule has 214 valence electrons. The Bertz CT molecular complexity index is 500. The van der Waals surface area contributed by atoms with Crippen molar-refractivity contribution in [1.29, 1.82) is 0 Å². The van der Waals surface area contributed by atoms with Crippen LogP contribution in [-0.4, -0.2) is 11.9 Å². The predicted octanol–water partition coefficient (Wildman–Crippen LogP) is 7.90. The van der Waals surface area contributed by atoms with Crippen molar-refractivity contribution in [3.05, 3.63) is 0 Å². The lowest BCUT2D eigenvalue weighted by molar-refractivity contribution is -0.317. The molecule has 0 spiro atoms. The normalized spacial score (nSPS) is 12.6. The van der Waals surface area contributed by atoms with E-state index in [0.717, 1.165) is 57.8 Å². The third-order valence-corrected chi connectivity index (χ3v) is 8.23. The van der Waals surface area contributed by atoms with Crippen LogP contribution in [0.5, 0.6) is 0 Å². The quantitative estimate of drug-likeness (QED) is 0.101. The third kappa shape index (κ3) is 18.2. The first-order valence-electron chi connectivity index (χ1n) is 15.8. The van der Waals surface area contributed by atoms with Gasteiger partial charge in [-0.25, -0.2) is 0 Å². The molecule has 4 nitrogen and oxygen atoms in total. The number of aliphatic carboxylic acids is 2. The molecule has 0 rings (SSSR count). The molecule has 0 fully saturated rings. The number of carboxylic acids is 2. The molecule has 0 saturated carbocycles. The zero-order chi connectivity index (χ0) is 26.9. The molecule has 1 unspecified atom stereocenters. The van der Waals surface area contributed by atoms with Gasteiger partial charge in [0.1, 0.15) is 0 Å². The van der Waals surface area contributed by atoms with Crippen molar-refractivity contribution in [2.45, 2.75) is 181 Å². The van der Waals surface area contributed by atoms with Gasteiger partial charge in [-0.1, -0.05) is 143 Å². The first-order valence-corrected chi connectivity index (χ1v) is 15.8. The highest BCUT2D eigenvalue weighted by Gasteiger charge is 2.37. The summed E-state index contributed by atoms with van der Waals surface area (Å²) in [4.78, 5) is 23.5. The minimum Gasteiger partial charge on any atom is -0.550 e. The first kappa shape index (κ1) is 34.9. The average molecular weight is 509 g/mol. The molecule has 0 saturated heterocycles. The maximum absolute atomic E-state index is 12.5. The van der Waals surface area contributed by atoms with E-state index in [2.05, 4.69) is 20.8 Å². The molecule has 0 aromatic heterocycles. The number of hydrogen-bond acceptors (Lipinski definition) is 4. The summed E-state index contributed by atoms with van der Waals surface area (Å²) in [5, 5.41) is 23.5. The van der Waals surface area contributed by atoms with E-state index in [1.54, 1.807) is 0 Å². The number of hydrogen-bond donors (Lipinski definition) is 0. The fraction of sp³-hybridized carbons (Fsp3) is 0.938. The topological polar surface area (TPSA) is 80.3 Å². The van der Waals surface area contributed by atoms with E-state index in [-0.39, 0.29) is 11.8 Å². The number of rotatable bonds is 28. The van der Waals surface area contributed by atoms with E-state index >= 15 is 0 Å². The van der Waals surface area contributed by atoms with Crippen molar-refractivity contribution < 1.29 is 19.8 Å². The molecule has 0 aromatic rings. The molecule has 0 aromatic carbocycles. The fourth-order valence-electron chi connectivity index (χ4n) is 5.97. The standard InChI is InChI=1S/C32H62O4/c1-4-7-10-13-16-19-22-28-32(26-20-17-14-11-8-5-2,27-21-18-15-12-9-6-3)29(31(35)36)24-23-25-30(33)34/h29H,4-28H2,1-3H3,(H,33,34)(H,35,36)/p-2. The molecule has 1 atom stereocenters. The molecule has 0 aliphatic carbocycles. The molecule has 0 amide bonds. The summed E-state index contributed by atoms with van der Waals surface area (Å²) in [5.74, 6) is -2.60. The van der Waals surface area contributed by atoms with E-state index in [1.807, 2.05) is 0 Å². The van der Waals surface area contributed by atoms with Crippen molar-refractivity contribution in [2.24, 2.45) is 11.3 Å². The van der Waals surface area contributed by atoms with Crippen LogP contribution >= 0.6 is 0 Å². The van der Waals surface area contributed by atoms with Gasteiger partial charge < -0.3 is 19.8 Å². The fourth-order valence-corrected chi connectivity index (χ4v) is 5.97. The van der Waals surface area contributed by atoms with Crippen LogP contribution < -0.4 is 10.2 Å². The summed E-state index contributed by atoms with van der Waals surface area (Å²) in [6.45, 7) is 6.69. The van der Waals surface area contributed by atoms with Crippen molar-refractivity contribution in [3.63, 3.8) is 0 Å². The Morgan fingerprint density at radius 2 is 0.861 bits per heavy atom. The second kappa shape index (κ2) is 24.3. The number of unbranched alkanes of at least 4 members (excludes halogenated alkanes) is 16. The lowest BCUT2D eigenvalue weighted by atomic mass is 9.64. The summed E-state index contributed by atoms with van der Waals surface area (Å²) >= 11 is 0. The third-order valence-electron chi connectivity index (χ3n) is 8.23. The Kier molecular flexibility index (Phi) is 23.6. The lowest BCUT2D eigenvalue weighted by Crippen LogP contribution is -2.43. The average Bonchev–Trinajstić information content (AvgIpc) is 2.84. The van der Waals surface area contributed by atoms with Crippen molar-refractivity contribution in [2.75, 3.05) is 0 Å². The van der Waals surface area contributed by atoms with Gasteiger partial charge in [-0.15, -0.1) is 0 Å². The van der Waals surface area contributed by atoms with Gasteiger partial charge in [-0.05, 0) is 43.9 Å². The van der Waals surface area contributed by atoms with Crippen LogP contribution in [0.1, 0.15) is 181 Å². The molecule has 0 radical (unpaired) electrons. The van der Waals surface area contributed by atoms with Crippen molar-refractivity contribution in [3.8, 4) is 0 Å². The lowest BCUT2D eigenvalue weighted by Gasteiger charge is -2.43. The predicted molar refractivity (Wildman–Crippen MR) is 148 cm³/mol. The molecule has 0 bridgehead atoms. The number of carbonyl (C=O) groups excluding carboxylic acids is 2. The largest absolute Gasteiger partial charge is 0.550 e. The summed E-state index contributed by atoms with van der Waals surface area (Å²) in [6.07, 6.45) is 26.5. The monoisotopic (exact) mass is 508 g/mol. The van der Waals surface area contributed by atoms with E-state index < -0.39 is 17.9 Å². The highest BCUT2D eigenvalue weighted by Crippen LogP contribution is 2.46. The van der Waals surface area contributed by atoms with Gasteiger partial charge in [-0.3, -0.25) is 0 Å². The van der Waals surface area contributed by atoms with Gasteiger partial charge in [0.2, 0.25) is 0 Å². The van der Waals surface area contributed by atoms with E-state index in [4.69, 9.17) is 0 Å². The highest BCUT2D eigenvalue weighted by atomic mass is 16.4. The van der Waals surface area contributed by atoms with Gasteiger partial charge in [0.25, 0.3) is 0 Å². The molecule has 4 heteroatoms. The molecular weight excluding hydrogens is 448 g/mol. The summed E-state index contributed by atoms with van der Waals surface area (Å²) in [6, 6.07) is 0. The van der Waals surface area contributed by atoms with Gasteiger partial charge in [0.15, 0.2) is 0 Å². The SMILES string of the molecule is CCCCCCCCCC(CCCCCCCC)(CCCCCCCC)C(CCCC(=O)[O-])C(=O)[O-]. The molecule has 36 heavy (non-hydrogen) atoms. The van der Waals surface area contributed by atoms with E-state index in [1.165, 1.54) is 83.5 Å². The Labute approximate surface area is 224 Å². The molecule has 0 N–H and O–H groups in total. The second-order valence-electron chi connectivity index (χ2n) is 11.4. The van der Waals surface area contributed by atoms with Gasteiger partial charge >= 0.3 is 0 Å². The summed E-state index contributed by atoms with van der Waals surface area (Å²) in [7, 11) is 0. The number of carboxylic acid groups (broad SMARTS) is 2. The van der Waals surface area contributed by atoms with Gasteiger partial charge in [0.05, 0.1) is 0 Å². The van der Waals surface area contributed by atoms with Crippen LogP contribution in [0.2, 0.25) is 0 Å². The van der Waals surface area contributed by atoms with Crippen LogP contribution in [0, 0.1) is 11.3 Å². The van der Waals surface area contributed by atoms with Crippen molar-refractivity contribution >= 4 is 11.9 Å². The number of carbonyl (C=O) groups is 2. The minimum absolute atomic E-state index is 0.0642. The highest BCUT2D eigenvalue weighted by molar-refractivity contribution is 5.69.